The third-order valence-corrected chi connectivity index (χ3v) is 2.24. The van der Waals surface area contributed by atoms with Crippen molar-refractivity contribution >= 4 is 0 Å². The molecule has 0 rings (SSSR count). The van der Waals surface area contributed by atoms with Crippen molar-refractivity contribution in [2.24, 2.45) is 10.8 Å². The zero-order chi connectivity index (χ0) is 14.8. The van der Waals surface area contributed by atoms with Gasteiger partial charge in [0, 0.05) is 11.8 Å². The van der Waals surface area contributed by atoms with Gasteiger partial charge in [-0.05, 0) is 26.2 Å². The van der Waals surface area contributed by atoms with Crippen molar-refractivity contribution in [2.45, 2.75) is 86.9 Å². The van der Waals surface area contributed by atoms with Gasteiger partial charge in [-0.1, -0.05) is 41.5 Å². The van der Waals surface area contributed by atoms with E-state index in [2.05, 4.69) is 20.8 Å². The average molecular weight is 260 g/mol. The van der Waals surface area contributed by atoms with Crippen LogP contribution >= 0.6 is 0 Å². The third-order valence-electron chi connectivity index (χ3n) is 2.24. The molecule has 0 saturated heterocycles. The van der Waals surface area contributed by atoms with Crippen molar-refractivity contribution in [2.75, 3.05) is 0 Å². The summed E-state index contributed by atoms with van der Waals surface area (Å²) in [5.41, 5.74) is -0.435. The molecule has 0 aliphatic heterocycles. The Morgan fingerprint density at radius 1 is 0.889 bits per heavy atom. The van der Waals surface area contributed by atoms with Crippen LogP contribution in [-0.4, -0.2) is 23.3 Å². The molecule has 1 N–H and O–H groups in total. The molecular formula is C15H32O3. The maximum Gasteiger partial charge on any atom is 0.166 e. The number of aliphatic hydroxyl groups is 1. The molecule has 0 aliphatic carbocycles. The molecule has 3 heteroatoms. The van der Waals surface area contributed by atoms with E-state index < -0.39 is 12.6 Å². The Morgan fingerprint density at radius 2 is 1.33 bits per heavy atom. The highest BCUT2D eigenvalue weighted by Gasteiger charge is 2.33. The maximum atomic E-state index is 10.0. The fraction of sp³-hybridized carbons (Fsp3) is 1.00. The molecule has 110 valence electrons. The molecule has 0 radical (unpaired) electrons. The highest BCUT2D eigenvalue weighted by Crippen LogP contribution is 2.30. The molecule has 2 atom stereocenters. The third kappa shape index (κ3) is 8.90. The first-order valence-corrected chi connectivity index (χ1v) is 6.72. The Kier molecular flexibility index (Phi) is 5.85. The summed E-state index contributed by atoms with van der Waals surface area (Å²) in [5.74, 6) is 0. The van der Waals surface area contributed by atoms with Crippen LogP contribution in [-0.2, 0) is 9.47 Å². The predicted molar refractivity (Wildman–Crippen MR) is 75.2 cm³/mol. The summed E-state index contributed by atoms with van der Waals surface area (Å²) in [6, 6.07) is 0. The minimum absolute atomic E-state index is 0.0313. The zero-order valence-corrected chi connectivity index (χ0v) is 13.6. The SMILES string of the molecule is CC(C)(C)CC(O)OC(OC(C)(C)C)C(C)(C)C. The number of hydrogen-bond donors (Lipinski definition) is 1. The van der Waals surface area contributed by atoms with E-state index in [9.17, 15) is 5.11 Å². The average Bonchev–Trinajstić information content (AvgIpc) is 1.93. The van der Waals surface area contributed by atoms with Gasteiger partial charge in [-0.15, -0.1) is 0 Å². The minimum atomic E-state index is -0.795. The maximum absolute atomic E-state index is 10.0. The van der Waals surface area contributed by atoms with Gasteiger partial charge < -0.3 is 14.6 Å². The molecule has 0 aromatic heterocycles. The molecule has 2 unspecified atom stereocenters. The van der Waals surface area contributed by atoms with Crippen LogP contribution < -0.4 is 0 Å². The Balaban J connectivity index is 4.62. The lowest BCUT2D eigenvalue weighted by Gasteiger charge is -2.37. The van der Waals surface area contributed by atoms with Crippen LogP contribution in [0.2, 0.25) is 0 Å². The molecule has 0 fully saturated rings. The van der Waals surface area contributed by atoms with Crippen LogP contribution in [0.1, 0.15) is 68.7 Å². The van der Waals surface area contributed by atoms with Crippen LogP contribution in [0.4, 0.5) is 0 Å². The largest absolute Gasteiger partial charge is 0.368 e. The number of hydrogen-bond acceptors (Lipinski definition) is 3. The lowest BCUT2D eigenvalue weighted by Crippen LogP contribution is -2.41. The van der Waals surface area contributed by atoms with Gasteiger partial charge in [0.05, 0.1) is 5.60 Å². The number of ether oxygens (including phenoxy) is 2. The Labute approximate surface area is 113 Å². The topological polar surface area (TPSA) is 38.7 Å². The van der Waals surface area contributed by atoms with Crippen molar-refractivity contribution in [3.8, 4) is 0 Å². The van der Waals surface area contributed by atoms with Crippen LogP contribution in [0.15, 0.2) is 0 Å². The standard InChI is InChI=1S/C15H32O3/c1-13(2,3)10-11(16)17-12(14(4,5)6)18-15(7,8)9/h11-12,16H,10H2,1-9H3. The first-order chi connectivity index (χ1) is 7.71. The molecule has 0 aromatic carbocycles. The lowest BCUT2D eigenvalue weighted by atomic mass is 9.91. The summed E-state index contributed by atoms with van der Waals surface area (Å²) >= 11 is 0. The second-order valence-electron chi connectivity index (χ2n) is 8.28. The zero-order valence-electron chi connectivity index (χ0n) is 13.6. The molecule has 0 heterocycles. The molecule has 18 heavy (non-hydrogen) atoms. The Morgan fingerprint density at radius 3 is 1.61 bits per heavy atom. The molecule has 0 spiro atoms. The van der Waals surface area contributed by atoms with Gasteiger partial charge in [-0.25, -0.2) is 0 Å². The van der Waals surface area contributed by atoms with Crippen molar-refractivity contribution in [1.82, 2.24) is 0 Å². The summed E-state index contributed by atoms with van der Waals surface area (Å²) < 4.78 is 11.6. The van der Waals surface area contributed by atoms with Gasteiger partial charge in [0.15, 0.2) is 12.6 Å². The summed E-state index contributed by atoms with van der Waals surface area (Å²) in [6.45, 7) is 18.4. The highest BCUT2D eigenvalue weighted by atomic mass is 16.7. The van der Waals surface area contributed by atoms with E-state index >= 15 is 0 Å². The summed E-state index contributed by atoms with van der Waals surface area (Å²) in [4.78, 5) is 0. The quantitative estimate of drug-likeness (QED) is 0.778. The molecule has 0 aromatic rings. The van der Waals surface area contributed by atoms with E-state index in [4.69, 9.17) is 9.47 Å². The molecule has 0 saturated carbocycles. The van der Waals surface area contributed by atoms with Crippen molar-refractivity contribution in [3.05, 3.63) is 0 Å². The lowest BCUT2D eigenvalue weighted by molar-refractivity contribution is -0.294. The Hall–Kier alpha value is -0.120. The van der Waals surface area contributed by atoms with Gasteiger partial charge in [-0.2, -0.15) is 0 Å². The smallest absolute Gasteiger partial charge is 0.166 e. The van der Waals surface area contributed by atoms with Crippen LogP contribution in [0.3, 0.4) is 0 Å². The summed E-state index contributed by atoms with van der Waals surface area (Å²) in [6.07, 6.45) is -0.626. The van der Waals surface area contributed by atoms with E-state index in [1.54, 1.807) is 0 Å². The second kappa shape index (κ2) is 5.89. The van der Waals surface area contributed by atoms with Gasteiger partial charge in [0.2, 0.25) is 0 Å². The monoisotopic (exact) mass is 260 g/mol. The van der Waals surface area contributed by atoms with Crippen molar-refractivity contribution < 1.29 is 14.6 Å². The fourth-order valence-electron chi connectivity index (χ4n) is 1.44. The minimum Gasteiger partial charge on any atom is -0.368 e. The van der Waals surface area contributed by atoms with Crippen molar-refractivity contribution in [3.63, 3.8) is 0 Å². The van der Waals surface area contributed by atoms with Crippen molar-refractivity contribution in [1.29, 1.82) is 0 Å². The molecular weight excluding hydrogens is 228 g/mol. The number of rotatable bonds is 4. The normalized spacial score (nSPS) is 17.7. The fourth-order valence-corrected chi connectivity index (χ4v) is 1.44. The molecule has 0 bridgehead atoms. The molecule has 0 amide bonds. The molecule has 3 nitrogen and oxygen atoms in total. The summed E-state index contributed by atoms with van der Waals surface area (Å²) in [7, 11) is 0. The second-order valence-corrected chi connectivity index (χ2v) is 8.28. The molecule has 0 aliphatic rings. The highest BCUT2D eigenvalue weighted by molar-refractivity contribution is 4.73. The Bertz CT molecular complexity index is 240. The van der Waals surface area contributed by atoms with E-state index in [1.807, 2.05) is 41.5 Å². The van der Waals surface area contributed by atoms with E-state index in [0.29, 0.717) is 6.42 Å². The predicted octanol–water partition coefficient (Wildman–Crippen LogP) is 3.94. The van der Waals surface area contributed by atoms with Gasteiger partial charge in [0.1, 0.15) is 0 Å². The number of aliphatic hydroxyl groups excluding tert-OH is 1. The van der Waals surface area contributed by atoms with Gasteiger partial charge >= 0.3 is 0 Å². The van der Waals surface area contributed by atoms with E-state index in [0.717, 1.165) is 0 Å². The van der Waals surface area contributed by atoms with Crippen LogP contribution in [0.5, 0.6) is 0 Å². The van der Waals surface area contributed by atoms with Crippen LogP contribution in [0.25, 0.3) is 0 Å². The first-order valence-electron chi connectivity index (χ1n) is 6.72. The van der Waals surface area contributed by atoms with E-state index in [-0.39, 0.29) is 16.4 Å². The van der Waals surface area contributed by atoms with E-state index in [1.165, 1.54) is 0 Å². The first kappa shape index (κ1) is 17.9. The van der Waals surface area contributed by atoms with Crippen LogP contribution in [0, 0.1) is 10.8 Å². The van der Waals surface area contributed by atoms with Gasteiger partial charge in [-0.3, -0.25) is 0 Å². The summed E-state index contributed by atoms with van der Waals surface area (Å²) in [5, 5.41) is 10.0. The van der Waals surface area contributed by atoms with Gasteiger partial charge in [0.25, 0.3) is 0 Å².